The van der Waals surface area contributed by atoms with Crippen LogP contribution in [-0.4, -0.2) is 22.6 Å². The minimum absolute atomic E-state index is 0.103. The van der Waals surface area contributed by atoms with E-state index in [4.69, 9.17) is 15.3 Å². The summed E-state index contributed by atoms with van der Waals surface area (Å²) >= 11 is 0. The lowest BCUT2D eigenvalue weighted by Crippen LogP contribution is -2.04. The van der Waals surface area contributed by atoms with E-state index in [9.17, 15) is 4.79 Å². The number of hydrogen-bond donors (Lipinski definition) is 2. The molecule has 1 rings (SSSR count). The van der Waals surface area contributed by atoms with Crippen LogP contribution in [0.5, 0.6) is 0 Å². The fourth-order valence-electron chi connectivity index (χ4n) is 0.823. The van der Waals surface area contributed by atoms with E-state index in [1.165, 1.54) is 6.26 Å². The number of carboxylic acids is 1. The molecule has 12 heavy (non-hydrogen) atoms. The highest BCUT2D eigenvalue weighted by Gasteiger charge is 2.06. The van der Waals surface area contributed by atoms with Gasteiger partial charge in [0.1, 0.15) is 6.26 Å². The molecule has 3 N–H and O–H groups in total. The lowest BCUT2D eigenvalue weighted by Gasteiger charge is -1.87. The molecule has 0 saturated heterocycles. The molecule has 1 heterocycles. The van der Waals surface area contributed by atoms with Gasteiger partial charge in [-0.25, -0.2) is 4.98 Å². The van der Waals surface area contributed by atoms with Gasteiger partial charge in [0.15, 0.2) is 5.89 Å². The molecule has 5 nitrogen and oxygen atoms in total. The van der Waals surface area contributed by atoms with E-state index in [1.807, 2.05) is 0 Å². The number of carboxylic acid groups (broad SMARTS) is 1. The van der Waals surface area contributed by atoms with Gasteiger partial charge in [-0.3, -0.25) is 4.79 Å². The molecule has 0 aliphatic carbocycles. The minimum atomic E-state index is -0.914. The third-order valence-electron chi connectivity index (χ3n) is 1.29. The van der Waals surface area contributed by atoms with Crippen molar-refractivity contribution < 1.29 is 14.3 Å². The van der Waals surface area contributed by atoms with Crippen molar-refractivity contribution in [3.63, 3.8) is 0 Å². The predicted octanol–water partition coefficient (Wildman–Crippen LogP) is -0.197. The monoisotopic (exact) mass is 170 g/mol. The fraction of sp³-hybridized carbons (Fsp3) is 0.429. The van der Waals surface area contributed by atoms with Crippen LogP contribution in [0.15, 0.2) is 10.7 Å². The zero-order chi connectivity index (χ0) is 8.97. The lowest BCUT2D eigenvalue weighted by molar-refractivity contribution is -0.136. The highest BCUT2D eigenvalue weighted by Crippen LogP contribution is 2.02. The molecular formula is C7H10N2O3. The van der Waals surface area contributed by atoms with Gasteiger partial charge in [0.25, 0.3) is 0 Å². The molecule has 66 valence electrons. The van der Waals surface area contributed by atoms with E-state index in [1.54, 1.807) is 0 Å². The summed E-state index contributed by atoms with van der Waals surface area (Å²) in [6, 6.07) is 0. The predicted molar refractivity (Wildman–Crippen MR) is 40.6 cm³/mol. The molecule has 0 spiro atoms. The van der Waals surface area contributed by atoms with Crippen molar-refractivity contribution in [2.24, 2.45) is 5.73 Å². The molecule has 0 saturated carbocycles. The summed E-state index contributed by atoms with van der Waals surface area (Å²) in [5.41, 5.74) is 5.69. The SMILES string of the molecule is NCCc1nc(CC(=O)O)co1. The van der Waals surface area contributed by atoms with Crippen LogP contribution in [-0.2, 0) is 17.6 Å². The van der Waals surface area contributed by atoms with Crippen LogP contribution in [0.25, 0.3) is 0 Å². The Labute approximate surface area is 69.2 Å². The zero-order valence-electron chi connectivity index (χ0n) is 6.49. The summed E-state index contributed by atoms with van der Waals surface area (Å²) in [6.45, 7) is 0.451. The van der Waals surface area contributed by atoms with Gasteiger partial charge in [-0.15, -0.1) is 0 Å². The van der Waals surface area contributed by atoms with Gasteiger partial charge in [0.05, 0.1) is 12.1 Å². The maximum atomic E-state index is 10.2. The Morgan fingerprint density at radius 2 is 2.50 bits per heavy atom. The molecule has 0 aromatic carbocycles. The maximum absolute atomic E-state index is 10.2. The third kappa shape index (κ3) is 2.35. The second kappa shape index (κ2) is 3.87. The summed E-state index contributed by atoms with van der Waals surface area (Å²) in [4.78, 5) is 14.1. The van der Waals surface area contributed by atoms with Crippen molar-refractivity contribution in [2.75, 3.05) is 6.54 Å². The average molecular weight is 170 g/mol. The van der Waals surface area contributed by atoms with Crippen LogP contribution in [0.4, 0.5) is 0 Å². The fourth-order valence-corrected chi connectivity index (χ4v) is 0.823. The highest BCUT2D eigenvalue weighted by molar-refractivity contribution is 5.69. The van der Waals surface area contributed by atoms with Crippen LogP contribution in [0.2, 0.25) is 0 Å². The Morgan fingerprint density at radius 1 is 1.75 bits per heavy atom. The molecule has 5 heteroatoms. The van der Waals surface area contributed by atoms with Crippen LogP contribution in [0, 0.1) is 0 Å². The standard InChI is InChI=1S/C7H10N2O3/c8-2-1-6-9-5(4-12-6)3-7(10)11/h4H,1-3,8H2,(H,10,11). The van der Waals surface area contributed by atoms with Crippen molar-refractivity contribution in [2.45, 2.75) is 12.8 Å². The number of aromatic nitrogens is 1. The Morgan fingerprint density at radius 3 is 3.08 bits per heavy atom. The molecule has 0 fully saturated rings. The van der Waals surface area contributed by atoms with Crippen molar-refractivity contribution in [3.05, 3.63) is 17.8 Å². The maximum Gasteiger partial charge on any atom is 0.309 e. The van der Waals surface area contributed by atoms with Crippen LogP contribution in [0.3, 0.4) is 0 Å². The molecular weight excluding hydrogens is 160 g/mol. The van der Waals surface area contributed by atoms with E-state index in [-0.39, 0.29) is 6.42 Å². The molecule has 1 aromatic heterocycles. The van der Waals surface area contributed by atoms with E-state index in [0.29, 0.717) is 24.6 Å². The first-order chi connectivity index (χ1) is 5.72. The molecule has 0 aliphatic rings. The molecule has 0 radical (unpaired) electrons. The smallest absolute Gasteiger partial charge is 0.309 e. The molecule has 0 unspecified atom stereocenters. The highest BCUT2D eigenvalue weighted by atomic mass is 16.4. The molecule has 0 bridgehead atoms. The topological polar surface area (TPSA) is 89.3 Å². The van der Waals surface area contributed by atoms with Gasteiger partial charge in [-0.1, -0.05) is 0 Å². The minimum Gasteiger partial charge on any atom is -0.481 e. The Hall–Kier alpha value is -1.36. The number of nitrogens with zero attached hydrogens (tertiary/aromatic N) is 1. The van der Waals surface area contributed by atoms with Crippen molar-refractivity contribution in [3.8, 4) is 0 Å². The summed E-state index contributed by atoms with van der Waals surface area (Å²) in [6.07, 6.45) is 1.78. The van der Waals surface area contributed by atoms with Gasteiger partial charge in [-0.2, -0.15) is 0 Å². The number of carbonyl (C=O) groups is 1. The third-order valence-corrected chi connectivity index (χ3v) is 1.29. The summed E-state index contributed by atoms with van der Waals surface area (Å²) in [7, 11) is 0. The molecule has 0 amide bonds. The number of rotatable bonds is 4. The second-order valence-electron chi connectivity index (χ2n) is 2.34. The van der Waals surface area contributed by atoms with Crippen LogP contribution in [0.1, 0.15) is 11.6 Å². The first-order valence-electron chi connectivity index (χ1n) is 3.57. The Bertz CT molecular complexity index is 269. The van der Waals surface area contributed by atoms with E-state index < -0.39 is 5.97 Å². The molecule has 0 aliphatic heterocycles. The van der Waals surface area contributed by atoms with E-state index in [2.05, 4.69) is 4.98 Å². The number of nitrogens with two attached hydrogens (primary N) is 1. The summed E-state index contributed by atoms with van der Waals surface area (Å²) < 4.78 is 4.95. The first kappa shape index (κ1) is 8.73. The van der Waals surface area contributed by atoms with Gasteiger partial charge in [-0.05, 0) is 0 Å². The van der Waals surface area contributed by atoms with Gasteiger partial charge >= 0.3 is 5.97 Å². The van der Waals surface area contributed by atoms with E-state index >= 15 is 0 Å². The van der Waals surface area contributed by atoms with Gasteiger partial charge < -0.3 is 15.3 Å². The van der Waals surface area contributed by atoms with Crippen molar-refractivity contribution >= 4 is 5.97 Å². The quantitative estimate of drug-likeness (QED) is 0.653. The largest absolute Gasteiger partial charge is 0.481 e. The lowest BCUT2D eigenvalue weighted by atomic mass is 10.3. The van der Waals surface area contributed by atoms with Gasteiger partial charge in [0, 0.05) is 13.0 Å². The zero-order valence-corrected chi connectivity index (χ0v) is 6.49. The van der Waals surface area contributed by atoms with Crippen LogP contribution < -0.4 is 5.73 Å². The number of aliphatic carboxylic acids is 1. The number of oxazole rings is 1. The van der Waals surface area contributed by atoms with E-state index in [0.717, 1.165) is 0 Å². The van der Waals surface area contributed by atoms with Crippen LogP contribution >= 0.6 is 0 Å². The molecule has 1 aromatic rings. The first-order valence-corrected chi connectivity index (χ1v) is 3.57. The summed E-state index contributed by atoms with van der Waals surface area (Å²) in [5, 5.41) is 8.40. The second-order valence-corrected chi connectivity index (χ2v) is 2.34. The van der Waals surface area contributed by atoms with Crippen molar-refractivity contribution in [1.82, 2.24) is 4.98 Å². The number of hydrogen-bond acceptors (Lipinski definition) is 4. The van der Waals surface area contributed by atoms with Gasteiger partial charge in [0.2, 0.25) is 0 Å². The average Bonchev–Trinajstić information content (AvgIpc) is 2.36. The van der Waals surface area contributed by atoms with Crippen molar-refractivity contribution in [1.29, 1.82) is 0 Å². The Kier molecular flexibility index (Phi) is 2.82. The molecule has 0 atom stereocenters. The Balaban J connectivity index is 2.58. The summed E-state index contributed by atoms with van der Waals surface area (Å²) in [5.74, 6) is -0.420. The normalized spacial score (nSPS) is 10.1.